The Bertz CT molecular complexity index is 751. The van der Waals surface area contributed by atoms with Gasteiger partial charge in [-0.3, -0.25) is 0 Å². The van der Waals surface area contributed by atoms with E-state index in [1.54, 1.807) is 7.11 Å². The number of nitrogen functional groups attached to an aromatic ring is 1. The lowest BCUT2D eigenvalue weighted by Crippen LogP contribution is -1.89. The van der Waals surface area contributed by atoms with Crippen molar-refractivity contribution in [1.29, 1.82) is 0 Å². The molecule has 0 aliphatic carbocycles. The first kappa shape index (κ1) is 13.2. The quantitative estimate of drug-likeness (QED) is 0.759. The molecule has 3 rings (SSSR count). The maximum Gasteiger partial charge on any atom is 0.187 e. The second-order valence-electron chi connectivity index (χ2n) is 4.10. The summed E-state index contributed by atoms with van der Waals surface area (Å²) in [5.41, 5.74) is 7.71. The van der Waals surface area contributed by atoms with E-state index in [-0.39, 0.29) is 0 Å². The molecule has 3 aromatic rings. The molecule has 0 bridgehead atoms. The molecule has 2 aromatic heterocycles. The van der Waals surface area contributed by atoms with E-state index in [4.69, 9.17) is 15.0 Å². The van der Waals surface area contributed by atoms with E-state index >= 15 is 0 Å². The average Bonchev–Trinajstić information content (AvgIpc) is 3.06. The molecule has 0 saturated carbocycles. The molecule has 2 heterocycles. The van der Waals surface area contributed by atoms with Crippen LogP contribution in [0.25, 0.3) is 21.8 Å². The summed E-state index contributed by atoms with van der Waals surface area (Å²) < 4.78 is 11.6. The molecule has 0 fully saturated rings. The van der Waals surface area contributed by atoms with Crippen molar-refractivity contribution < 1.29 is 9.26 Å². The number of nitrogens with zero attached hydrogens (tertiary/aromatic N) is 1. The van der Waals surface area contributed by atoms with Crippen LogP contribution in [0.5, 0.6) is 5.75 Å². The van der Waals surface area contributed by atoms with E-state index < -0.39 is 0 Å². The molecular weight excluding hydrogens is 340 g/mol. The number of benzene rings is 1. The van der Waals surface area contributed by atoms with Crippen LogP contribution in [0.3, 0.4) is 0 Å². The highest BCUT2D eigenvalue weighted by molar-refractivity contribution is 9.10. The second kappa shape index (κ2) is 5.30. The third-order valence-corrected chi connectivity index (χ3v) is 4.50. The molecule has 0 saturated heterocycles. The first-order valence-corrected chi connectivity index (χ1v) is 7.51. The predicted octanol–water partition coefficient (Wildman–Crippen LogP) is 4.42. The Morgan fingerprint density at radius 3 is 2.85 bits per heavy atom. The van der Waals surface area contributed by atoms with Gasteiger partial charge in [-0.2, -0.15) is 0 Å². The van der Waals surface area contributed by atoms with Gasteiger partial charge in [-0.15, -0.1) is 11.3 Å². The van der Waals surface area contributed by atoms with Crippen LogP contribution in [0, 0.1) is 0 Å². The minimum Gasteiger partial charge on any atom is -0.496 e. The molecule has 0 atom stereocenters. The molecule has 0 aliphatic rings. The topological polar surface area (TPSA) is 61.3 Å². The molecule has 0 spiro atoms. The molecule has 0 radical (unpaired) electrons. The number of rotatable bonds is 3. The Kier molecular flexibility index (Phi) is 3.50. The van der Waals surface area contributed by atoms with Gasteiger partial charge in [0.1, 0.15) is 5.75 Å². The fraction of sp³-hybridized carbons (Fsp3) is 0.0714. The van der Waals surface area contributed by atoms with Gasteiger partial charge < -0.3 is 15.0 Å². The number of methoxy groups -OCH3 is 1. The van der Waals surface area contributed by atoms with Gasteiger partial charge in [0.05, 0.1) is 17.6 Å². The van der Waals surface area contributed by atoms with Crippen LogP contribution in [0.2, 0.25) is 0 Å². The van der Waals surface area contributed by atoms with Crippen LogP contribution < -0.4 is 10.5 Å². The smallest absolute Gasteiger partial charge is 0.187 e. The van der Waals surface area contributed by atoms with E-state index in [1.807, 2.05) is 35.7 Å². The highest BCUT2D eigenvalue weighted by atomic mass is 79.9. The number of halogens is 1. The first-order chi connectivity index (χ1) is 9.70. The van der Waals surface area contributed by atoms with Crippen molar-refractivity contribution in [3.63, 3.8) is 0 Å². The van der Waals surface area contributed by atoms with Gasteiger partial charge in [0.15, 0.2) is 11.6 Å². The lowest BCUT2D eigenvalue weighted by Gasteiger charge is -2.03. The number of hydrogen-bond acceptors (Lipinski definition) is 5. The number of thiophene rings is 1. The highest BCUT2D eigenvalue weighted by Crippen LogP contribution is 2.42. The zero-order valence-electron chi connectivity index (χ0n) is 10.6. The summed E-state index contributed by atoms with van der Waals surface area (Å²) in [4.78, 5) is 0.928. The van der Waals surface area contributed by atoms with Crippen LogP contribution in [0.4, 0.5) is 5.82 Å². The molecule has 0 unspecified atom stereocenters. The third kappa shape index (κ3) is 2.21. The number of anilines is 1. The first-order valence-electron chi connectivity index (χ1n) is 5.83. The largest absolute Gasteiger partial charge is 0.496 e. The molecule has 6 heteroatoms. The third-order valence-electron chi connectivity index (χ3n) is 2.90. The fourth-order valence-corrected chi connectivity index (χ4v) is 3.26. The zero-order chi connectivity index (χ0) is 14.1. The van der Waals surface area contributed by atoms with E-state index in [2.05, 4.69) is 21.1 Å². The van der Waals surface area contributed by atoms with Crippen molar-refractivity contribution in [2.24, 2.45) is 0 Å². The van der Waals surface area contributed by atoms with Crippen LogP contribution >= 0.6 is 27.3 Å². The maximum atomic E-state index is 5.97. The highest BCUT2D eigenvalue weighted by Gasteiger charge is 2.20. The van der Waals surface area contributed by atoms with E-state index in [0.717, 1.165) is 26.2 Å². The lowest BCUT2D eigenvalue weighted by atomic mass is 10.1. The molecule has 0 amide bonds. The predicted molar refractivity (Wildman–Crippen MR) is 83.9 cm³/mol. The van der Waals surface area contributed by atoms with Crippen molar-refractivity contribution in [3.8, 4) is 27.5 Å². The van der Waals surface area contributed by atoms with Crippen molar-refractivity contribution >= 4 is 33.1 Å². The summed E-state index contributed by atoms with van der Waals surface area (Å²) in [6.45, 7) is 0. The molecule has 4 nitrogen and oxygen atoms in total. The Morgan fingerprint density at radius 1 is 1.35 bits per heavy atom. The molecule has 2 N–H and O–H groups in total. The summed E-state index contributed by atoms with van der Waals surface area (Å²) in [5, 5.41) is 5.81. The Morgan fingerprint density at radius 2 is 2.15 bits per heavy atom. The molecule has 1 aromatic carbocycles. The molecular formula is C14H11BrN2O2S. The van der Waals surface area contributed by atoms with E-state index in [0.29, 0.717) is 11.6 Å². The molecule has 102 valence electrons. The lowest BCUT2D eigenvalue weighted by molar-refractivity contribution is 0.416. The molecule has 20 heavy (non-hydrogen) atoms. The zero-order valence-corrected chi connectivity index (χ0v) is 13.0. The van der Waals surface area contributed by atoms with Crippen molar-refractivity contribution in [2.45, 2.75) is 0 Å². The second-order valence-corrected chi connectivity index (χ2v) is 5.87. The minimum absolute atomic E-state index is 0.374. The number of hydrogen-bond donors (Lipinski definition) is 1. The van der Waals surface area contributed by atoms with E-state index in [1.165, 1.54) is 11.3 Å². The van der Waals surface area contributed by atoms with Gasteiger partial charge in [0.25, 0.3) is 0 Å². The van der Waals surface area contributed by atoms with E-state index in [9.17, 15) is 0 Å². The molecule has 0 aliphatic heterocycles. The van der Waals surface area contributed by atoms with Gasteiger partial charge in [-0.05, 0) is 6.07 Å². The number of aromatic nitrogens is 1. The Hall–Kier alpha value is -1.79. The number of nitrogens with two attached hydrogens (primary N) is 1. The van der Waals surface area contributed by atoms with Gasteiger partial charge >= 0.3 is 0 Å². The summed E-state index contributed by atoms with van der Waals surface area (Å²) >= 11 is 5.06. The standard InChI is InChI=1S/C14H11BrN2O2S/c1-18-8-6-11(20-7-8)13-12(14(16)17-19-13)9-4-2-3-5-10(9)15/h2-7H,1H3,(H2,16,17). The van der Waals surface area contributed by atoms with Gasteiger partial charge in [-0.25, -0.2) is 0 Å². The average molecular weight is 351 g/mol. The van der Waals surface area contributed by atoms with Crippen LogP contribution in [-0.4, -0.2) is 12.3 Å². The van der Waals surface area contributed by atoms with Crippen molar-refractivity contribution in [3.05, 3.63) is 40.2 Å². The van der Waals surface area contributed by atoms with Crippen LogP contribution in [0.1, 0.15) is 0 Å². The van der Waals surface area contributed by atoms with Crippen LogP contribution in [0.15, 0.2) is 44.7 Å². The Labute approximate surface area is 128 Å². The van der Waals surface area contributed by atoms with Gasteiger partial charge in [-0.1, -0.05) is 39.3 Å². The van der Waals surface area contributed by atoms with Gasteiger partial charge in [0, 0.05) is 21.5 Å². The fourth-order valence-electron chi connectivity index (χ4n) is 1.94. The summed E-state index contributed by atoms with van der Waals surface area (Å²) in [5.74, 6) is 1.82. The van der Waals surface area contributed by atoms with Crippen molar-refractivity contribution in [2.75, 3.05) is 12.8 Å². The van der Waals surface area contributed by atoms with Crippen molar-refractivity contribution in [1.82, 2.24) is 5.16 Å². The SMILES string of the molecule is COc1csc(-c2onc(N)c2-c2ccccc2Br)c1. The Balaban J connectivity index is 2.17. The summed E-state index contributed by atoms with van der Waals surface area (Å²) in [7, 11) is 1.63. The van der Waals surface area contributed by atoms with Crippen LogP contribution in [-0.2, 0) is 0 Å². The normalized spacial score (nSPS) is 10.7. The maximum absolute atomic E-state index is 5.97. The minimum atomic E-state index is 0.374. The summed E-state index contributed by atoms with van der Waals surface area (Å²) in [6.07, 6.45) is 0. The monoisotopic (exact) mass is 350 g/mol. The summed E-state index contributed by atoms with van der Waals surface area (Å²) in [6, 6.07) is 9.74. The number of ether oxygens (including phenoxy) is 1. The van der Waals surface area contributed by atoms with Gasteiger partial charge in [0.2, 0.25) is 0 Å².